The number of carbonyl (C=O) groups is 1. The molecule has 1 aliphatic carbocycles. The van der Waals surface area contributed by atoms with Crippen LogP contribution in [0.2, 0.25) is 0 Å². The summed E-state index contributed by atoms with van der Waals surface area (Å²) < 4.78 is 0. The lowest BCUT2D eigenvalue weighted by Gasteiger charge is -2.18. The Bertz CT molecular complexity index is 425. The van der Waals surface area contributed by atoms with Crippen LogP contribution in [0.3, 0.4) is 0 Å². The lowest BCUT2D eigenvalue weighted by atomic mass is 10.0. The second-order valence-electron chi connectivity index (χ2n) is 5.51. The van der Waals surface area contributed by atoms with Gasteiger partial charge in [0.05, 0.1) is 12.6 Å². The van der Waals surface area contributed by atoms with Crippen LogP contribution in [0.15, 0.2) is 24.3 Å². The molecule has 0 aromatic heterocycles. The first-order valence-electron chi connectivity index (χ1n) is 7.25. The summed E-state index contributed by atoms with van der Waals surface area (Å²) in [5.41, 5.74) is 2.41. The normalized spacial score (nSPS) is 17.4. The molecule has 3 nitrogen and oxygen atoms in total. The zero-order valence-corrected chi connectivity index (χ0v) is 11.9. The van der Waals surface area contributed by atoms with Gasteiger partial charge >= 0.3 is 0 Å². The van der Waals surface area contributed by atoms with Crippen molar-refractivity contribution in [2.45, 2.75) is 51.6 Å². The molecular formula is C16H24N2O. The van der Waals surface area contributed by atoms with Crippen molar-refractivity contribution in [1.82, 2.24) is 10.6 Å². The molecule has 1 aromatic rings. The highest BCUT2D eigenvalue weighted by atomic mass is 16.1. The third-order valence-corrected chi connectivity index (χ3v) is 3.94. The molecule has 104 valence electrons. The summed E-state index contributed by atoms with van der Waals surface area (Å²) in [5, 5.41) is 6.40. The minimum absolute atomic E-state index is 0.0686. The number of amides is 1. The summed E-state index contributed by atoms with van der Waals surface area (Å²) in [7, 11) is 0. The fourth-order valence-electron chi connectivity index (χ4n) is 2.81. The molecule has 0 bridgehead atoms. The second-order valence-corrected chi connectivity index (χ2v) is 5.51. The highest BCUT2D eigenvalue weighted by Gasteiger charge is 2.16. The summed E-state index contributed by atoms with van der Waals surface area (Å²) in [6.07, 6.45) is 5.00. The highest BCUT2D eigenvalue weighted by molar-refractivity contribution is 5.78. The number of rotatable bonds is 5. The van der Waals surface area contributed by atoms with E-state index in [2.05, 4.69) is 29.7 Å². The molecule has 0 aliphatic heterocycles. The van der Waals surface area contributed by atoms with Crippen molar-refractivity contribution >= 4 is 5.91 Å². The molecule has 2 rings (SSSR count). The van der Waals surface area contributed by atoms with E-state index in [1.807, 2.05) is 19.1 Å². The number of aryl methyl sites for hydroxylation is 1. The van der Waals surface area contributed by atoms with Gasteiger partial charge in [0, 0.05) is 6.04 Å². The standard InChI is InChI=1S/C16H24N2O/c1-12-7-3-6-10-15(12)13(2)18-16(19)11-17-14-8-4-5-9-14/h3,6-7,10,13-14,17H,4-5,8-9,11H2,1-2H3,(H,18,19). The number of hydrogen-bond donors (Lipinski definition) is 2. The van der Waals surface area contributed by atoms with Crippen LogP contribution in [0, 0.1) is 6.92 Å². The highest BCUT2D eigenvalue weighted by Crippen LogP contribution is 2.18. The van der Waals surface area contributed by atoms with Gasteiger partial charge in [0.15, 0.2) is 0 Å². The molecule has 1 atom stereocenters. The minimum Gasteiger partial charge on any atom is -0.348 e. The molecule has 1 aromatic carbocycles. The van der Waals surface area contributed by atoms with E-state index in [0.717, 1.165) is 0 Å². The van der Waals surface area contributed by atoms with Crippen LogP contribution >= 0.6 is 0 Å². The topological polar surface area (TPSA) is 41.1 Å². The van der Waals surface area contributed by atoms with Crippen molar-refractivity contribution in [3.05, 3.63) is 35.4 Å². The average Bonchev–Trinajstić information content (AvgIpc) is 2.90. The average molecular weight is 260 g/mol. The molecule has 0 heterocycles. The monoisotopic (exact) mass is 260 g/mol. The third-order valence-electron chi connectivity index (χ3n) is 3.94. The number of hydrogen-bond acceptors (Lipinski definition) is 2. The smallest absolute Gasteiger partial charge is 0.234 e. The molecule has 2 N–H and O–H groups in total. The third kappa shape index (κ3) is 4.06. The van der Waals surface area contributed by atoms with Gasteiger partial charge in [0.1, 0.15) is 0 Å². The van der Waals surface area contributed by atoms with Gasteiger partial charge in [-0.25, -0.2) is 0 Å². The van der Waals surface area contributed by atoms with Crippen molar-refractivity contribution in [3.8, 4) is 0 Å². The van der Waals surface area contributed by atoms with E-state index in [9.17, 15) is 4.79 Å². The molecule has 0 saturated heterocycles. The van der Waals surface area contributed by atoms with E-state index >= 15 is 0 Å². The van der Waals surface area contributed by atoms with Crippen molar-refractivity contribution in [1.29, 1.82) is 0 Å². The maximum absolute atomic E-state index is 11.9. The molecule has 1 aliphatic rings. The van der Waals surface area contributed by atoms with Gasteiger partial charge in [-0.3, -0.25) is 4.79 Å². The number of nitrogens with one attached hydrogen (secondary N) is 2. The Hall–Kier alpha value is -1.35. The Morgan fingerprint density at radius 1 is 1.32 bits per heavy atom. The molecule has 0 radical (unpaired) electrons. The lowest BCUT2D eigenvalue weighted by Crippen LogP contribution is -2.39. The first-order chi connectivity index (χ1) is 9.16. The summed E-state index contributed by atoms with van der Waals surface area (Å²) in [4.78, 5) is 11.9. The molecule has 1 unspecified atom stereocenters. The van der Waals surface area contributed by atoms with Crippen molar-refractivity contribution < 1.29 is 4.79 Å². The minimum atomic E-state index is 0.0686. The molecular weight excluding hydrogens is 236 g/mol. The maximum Gasteiger partial charge on any atom is 0.234 e. The zero-order chi connectivity index (χ0) is 13.7. The SMILES string of the molecule is Cc1ccccc1C(C)NC(=O)CNC1CCCC1. The van der Waals surface area contributed by atoms with E-state index in [1.165, 1.54) is 36.8 Å². The number of carbonyl (C=O) groups excluding carboxylic acids is 1. The maximum atomic E-state index is 11.9. The van der Waals surface area contributed by atoms with Crippen molar-refractivity contribution in [3.63, 3.8) is 0 Å². The summed E-state index contributed by atoms with van der Waals surface area (Å²) in [6.45, 7) is 4.55. The van der Waals surface area contributed by atoms with Crippen LogP contribution in [-0.2, 0) is 4.79 Å². The second kappa shape index (κ2) is 6.71. The van der Waals surface area contributed by atoms with E-state index in [0.29, 0.717) is 12.6 Å². The molecule has 3 heteroatoms. The van der Waals surface area contributed by atoms with Crippen molar-refractivity contribution in [2.75, 3.05) is 6.54 Å². The first-order valence-corrected chi connectivity index (χ1v) is 7.25. The van der Waals surface area contributed by atoms with E-state index in [1.54, 1.807) is 0 Å². The Balaban J connectivity index is 1.79. The van der Waals surface area contributed by atoms with Crippen LogP contribution < -0.4 is 10.6 Å². The quantitative estimate of drug-likeness (QED) is 0.854. The van der Waals surface area contributed by atoms with Crippen LogP contribution in [0.4, 0.5) is 0 Å². The first kappa shape index (κ1) is 14.1. The molecule has 0 spiro atoms. The van der Waals surface area contributed by atoms with Gasteiger partial charge in [0.2, 0.25) is 5.91 Å². The predicted octanol–water partition coefficient (Wildman–Crippen LogP) is 2.70. The van der Waals surface area contributed by atoms with E-state index in [4.69, 9.17) is 0 Å². The van der Waals surface area contributed by atoms with E-state index < -0.39 is 0 Å². The summed E-state index contributed by atoms with van der Waals surface area (Å²) in [5.74, 6) is 0.0858. The van der Waals surface area contributed by atoms with Gasteiger partial charge in [0.25, 0.3) is 0 Å². The fourth-order valence-corrected chi connectivity index (χ4v) is 2.81. The van der Waals surface area contributed by atoms with Crippen LogP contribution in [0.5, 0.6) is 0 Å². The van der Waals surface area contributed by atoms with Crippen molar-refractivity contribution in [2.24, 2.45) is 0 Å². The van der Waals surface area contributed by atoms with Gasteiger partial charge in [-0.2, -0.15) is 0 Å². The summed E-state index contributed by atoms with van der Waals surface area (Å²) in [6, 6.07) is 8.80. The van der Waals surface area contributed by atoms with Gasteiger partial charge in [-0.1, -0.05) is 37.1 Å². The number of benzene rings is 1. The Morgan fingerprint density at radius 3 is 2.68 bits per heavy atom. The summed E-state index contributed by atoms with van der Waals surface area (Å²) >= 11 is 0. The Kier molecular flexibility index (Phi) is 4.97. The predicted molar refractivity (Wildman–Crippen MR) is 78.0 cm³/mol. The fraction of sp³-hybridized carbons (Fsp3) is 0.562. The molecule has 19 heavy (non-hydrogen) atoms. The molecule has 1 saturated carbocycles. The van der Waals surface area contributed by atoms with Crippen LogP contribution in [0.25, 0.3) is 0 Å². The van der Waals surface area contributed by atoms with Gasteiger partial charge in [-0.15, -0.1) is 0 Å². The van der Waals surface area contributed by atoms with Gasteiger partial charge < -0.3 is 10.6 Å². The van der Waals surface area contributed by atoms with Gasteiger partial charge in [-0.05, 0) is 37.8 Å². The lowest BCUT2D eigenvalue weighted by molar-refractivity contribution is -0.121. The largest absolute Gasteiger partial charge is 0.348 e. The van der Waals surface area contributed by atoms with Crippen LogP contribution in [-0.4, -0.2) is 18.5 Å². The Morgan fingerprint density at radius 2 is 2.00 bits per heavy atom. The molecule has 1 amide bonds. The molecule has 1 fully saturated rings. The zero-order valence-electron chi connectivity index (χ0n) is 11.9. The van der Waals surface area contributed by atoms with E-state index in [-0.39, 0.29) is 11.9 Å². The Labute approximate surface area is 115 Å². The van der Waals surface area contributed by atoms with Crippen LogP contribution in [0.1, 0.15) is 49.8 Å².